The molecule has 0 bridgehead atoms. The SMILES string of the molecule is O=C(Nc1ccc(F)cn1)c1cc(Cl)ccc1NC(=O)N1CCNCC1.O=C(O)C(F)(F)F. The molecule has 1 aromatic heterocycles. The normalized spacial score (nSPS) is 13.4. The fourth-order valence-electron chi connectivity index (χ4n) is 2.51. The summed E-state index contributed by atoms with van der Waals surface area (Å²) in [6.45, 7) is 2.61. The highest BCUT2D eigenvalue weighted by atomic mass is 35.5. The highest BCUT2D eigenvalue weighted by molar-refractivity contribution is 6.31. The minimum absolute atomic E-state index is 0.187. The van der Waals surface area contributed by atoms with Crippen LogP contribution in [-0.2, 0) is 4.79 Å². The van der Waals surface area contributed by atoms with Crippen molar-refractivity contribution >= 4 is 41.0 Å². The zero-order valence-electron chi connectivity index (χ0n) is 16.7. The predicted octanol–water partition coefficient (Wildman–Crippen LogP) is 3.20. The Hall–Kier alpha value is -3.45. The van der Waals surface area contributed by atoms with Crippen LogP contribution >= 0.6 is 11.6 Å². The monoisotopic (exact) mass is 491 g/mol. The highest BCUT2D eigenvalue weighted by Gasteiger charge is 2.38. The van der Waals surface area contributed by atoms with Crippen molar-refractivity contribution in [3.8, 4) is 0 Å². The Labute approximate surface area is 189 Å². The van der Waals surface area contributed by atoms with E-state index in [1.54, 1.807) is 17.0 Å². The first-order valence-corrected chi connectivity index (χ1v) is 9.64. The number of carbonyl (C=O) groups excluding carboxylic acids is 2. The summed E-state index contributed by atoms with van der Waals surface area (Å²) < 4.78 is 44.7. The minimum atomic E-state index is -5.08. The average molecular weight is 492 g/mol. The Bertz CT molecular complexity index is 999. The topological polar surface area (TPSA) is 124 Å². The number of urea groups is 1. The third-order valence-electron chi connectivity index (χ3n) is 4.08. The maximum atomic E-state index is 12.9. The number of carboxylic acid groups (broad SMARTS) is 1. The lowest BCUT2D eigenvalue weighted by molar-refractivity contribution is -0.192. The Morgan fingerprint density at radius 2 is 1.73 bits per heavy atom. The van der Waals surface area contributed by atoms with Gasteiger partial charge >= 0.3 is 18.2 Å². The first-order valence-electron chi connectivity index (χ1n) is 9.26. The smallest absolute Gasteiger partial charge is 0.475 e. The molecule has 1 fully saturated rings. The van der Waals surface area contributed by atoms with Gasteiger partial charge in [-0.25, -0.2) is 19.0 Å². The number of aliphatic carboxylic acids is 1. The van der Waals surface area contributed by atoms with Crippen LogP contribution in [0, 0.1) is 5.82 Å². The number of aromatic nitrogens is 1. The standard InChI is InChI=1S/C17H17ClFN5O2.C2HF3O2/c18-11-1-3-14(22-17(26)24-7-5-20-6-8-24)13(9-11)16(25)23-15-4-2-12(19)10-21-15;3-2(4,5)1(6)7/h1-4,9-10,20H,5-8H2,(H,22,26)(H,21,23,25);(H,6,7). The Balaban J connectivity index is 0.000000479. The summed E-state index contributed by atoms with van der Waals surface area (Å²) in [5.74, 6) is -3.58. The second kappa shape index (κ2) is 11.4. The van der Waals surface area contributed by atoms with Gasteiger partial charge in [0.25, 0.3) is 5.91 Å². The number of alkyl halides is 3. The number of pyridine rings is 1. The number of carbonyl (C=O) groups is 3. The third kappa shape index (κ3) is 8.20. The molecule has 2 heterocycles. The number of anilines is 2. The summed E-state index contributed by atoms with van der Waals surface area (Å²) in [6.07, 6.45) is -4.08. The van der Waals surface area contributed by atoms with Gasteiger partial charge in [0.1, 0.15) is 11.6 Å². The van der Waals surface area contributed by atoms with Crippen molar-refractivity contribution in [1.29, 1.82) is 0 Å². The van der Waals surface area contributed by atoms with Crippen LogP contribution in [0.1, 0.15) is 10.4 Å². The summed E-state index contributed by atoms with van der Waals surface area (Å²) in [5.41, 5.74) is 0.518. The van der Waals surface area contributed by atoms with E-state index in [-0.39, 0.29) is 17.4 Å². The number of piperazine rings is 1. The van der Waals surface area contributed by atoms with Crippen molar-refractivity contribution in [2.75, 3.05) is 36.8 Å². The average Bonchev–Trinajstić information content (AvgIpc) is 2.77. The van der Waals surface area contributed by atoms with Gasteiger partial charge in [-0.2, -0.15) is 13.2 Å². The molecule has 0 unspecified atom stereocenters. The van der Waals surface area contributed by atoms with Crippen molar-refractivity contribution in [3.63, 3.8) is 0 Å². The Kier molecular flexibility index (Phi) is 8.94. The van der Waals surface area contributed by atoms with Gasteiger partial charge in [-0.15, -0.1) is 0 Å². The van der Waals surface area contributed by atoms with Crippen LogP contribution in [0.25, 0.3) is 0 Å². The van der Waals surface area contributed by atoms with E-state index in [9.17, 15) is 27.2 Å². The Morgan fingerprint density at radius 1 is 1.09 bits per heavy atom. The van der Waals surface area contributed by atoms with Crippen molar-refractivity contribution in [2.24, 2.45) is 0 Å². The van der Waals surface area contributed by atoms with Gasteiger partial charge in [-0.05, 0) is 30.3 Å². The van der Waals surface area contributed by atoms with Crippen LogP contribution in [0.4, 0.5) is 33.9 Å². The lowest BCUT2D eigenvalue weighted by atomic mass is 10.1. The van der Waals surface area contributed by atoms with E-state index in [4.69, 9.17) is 21.5 Å². The van der Waals surface area contributed by atoms with Crippen molar-refractivity contribution < 1.29 is 37.1 Å². The number of nitrogens with zero attached hydrogens (tertiary/aromatic N) is 2. The first-order chi connectivity index (χ1) is 15.5. The summed E-state index contributed by atoms with van der Waals surface area (Å²) in [4.78, 5) is 39.3. The van der Waals surface area contributed by atoms with E-state index >= 15 is 0 Å². The molecule has 0 spiro atoms. The van der Waals surface area contributed by atoms with Gasteiger partial charge in [0.2, 0.25) is 0 Å². The summed E-state index contributed by atoms with van der Waals surface area (Å²) in [5, 5.41) is 15.9. The summed E-state index contributed by atoms with van der Waals surface area (Å²) in [7, 11) is 0. The second-order valence-corrected chi connectivity index (χ2v) is 6.91. The fourth-order valence-corrected chi connectivity index (χ4v) is 2.68. The molecule has 0 radical (unpaired) electrons. The quantitative estimate of drug-likeness (QED) is 0.489. The zero-order chi connectivity index (χ0) is 24.6. The molecule has 178 valence electrons. The van der Waals surface area contributed by atoms with Gasteiger partial charge < -0.3 is 26.0 Å². The van der Waals surface area contributed by atoms with E-state index in [1.807, 2.05) is 0 Å². The molecule has 3 amide bonds. The van der Waals surface area contributed by atoms with Crippen LogP contribution in [0.5, 0.6) is 0 Å². The molecule has 1 aliphatic heterocycles. The molecule has 4 N–H and O–H groups in total. The molecular weight excluding hydrogens is 474 g/mol. The lowest BCUT2D eigenvalue weighted by Crippen LogP contribution is -2.48. The maximum Gasteiger partial charge on any atom is 0.490 e. The van der Waals surface area contributed by atoms with Gasteiger partial charge in [-0.1, -0.05) is 11.6 Å². The largest absolute Gasteiger partial charge is 0.490 e. The molecule has 1 aromatic carbocycles. The van der Waals surface area contributed by atoms with Gasteiger partial charge in [0.15, 0.2) is 0 Å². The molecule has 14 heteroatoms. The van der Waals surface area contributed by atoms with Gasteiger partial charge in [0, 0.05) is 31.2 Å². The number of amides is 3. The number of hydrogen-bond donors (Lipinski definition) is 4. The third-order valence-corrected chi connectivity index (χ3v) is 4.32. The number of carboxylic acids is 1. The van der Waals surface area contributed by atoms with E-state index in [1.165, 1.54) is 18.2 Å². The van der Waals surface area contributed by atoms with Crippen LogP contribution < -0.4 is 16.0 Å². The highest BCUT2D eigenvalue weighted by Crippen LogP contribution is 2.22. The van der Waals surface area contributed by atoms with Crippen LogP contribution in [0.15, 0.2) is 36.5 Å². The Morgan fingerprint density at radius 3 is 2.27 bits per heavy atom. The van der Waals surface area contributed by atoms with Crippen LogP contribution in [0.2, 0.25) is 5.02 Å². The summed E-state index contributed by atoms with van der Waals surface area (Å²) >= 11 is 5.99. The fraction of sp³-hybridized carbons (Fsp3) is 0.263. The number of nitrogens with one attached hydrogen (secondary N) is 3. The number of benzene rings is 1. The van der Waals surface area contributed by atoms with E-state index < -0.39 is 23.9 Å². The molecule has 1 aliphatic rings. The molecule has 2 aromatic rings. The predicted molar refractivity (Wildman–Crippen MR) is 111 cm³/mol. The van der Waals surface area contributed by atoms with E-state index in [0.717, 1.165) is 19.3 Å². The number of rotatable bonds is 3. The molecule has 1 saturated heterocycles. The van der Waals surface area contributed by atoms with Crippen LogP contribution in [0.3, 0.4) is 0 Å². The number of hydrogen-bond acceptors (Lipinski definition) is 5. The van der Waals surface area contributed by atoms with Gasteiger partial charge in [-0.3, -0.25) is 4.79 Å². The molecule has 9 nitrogen and oxygen atoms in total. The summed E-state index contributed by atoms with van der Waals surface area (Å²) in [6, 6.07) is 6.85. The van der Waals surface area contributed by atoms with Gasteiger partial charge in [0.05, 0.1) is 17.4 Å². The first kappa shape index (κ1) is 25.8. The maximum absolute atomic E-state index is 12.9. The van der Waals surface area contributed by atoms with Crippen molar-refractivity contribution in [3.05, 3.63) is 52.9 Å². The second-order valence-electron chi connectivity index (χ2n) is 6.48. The number of halogens is 5. The van der Waals surface area contributed by atoms with Crippen LogP contribution in [-0.4, -0.2) is 65.3 Å². The molecule has 0 saturated carbocycles. The molecule has 3 rings (SSSR count). The van der Waals surface area contributed by atoms with Crippen molar-refractivity contribution in [2.45, 2.75) is 6.18 Å². The minimum Gasteiger partial charge on any atom is -0.475 e. The van der Waals surface area contributed by atoms with E-state index in [0.29, 0.717) is 23.8 Å². The van der Waals surface area contributed by atoms with E-state index in [2.05, 4.69) is 20.9 Å². The lowest BCUT2D eigenvalue weighted by Gasteiger charge is -2.27. The molecule has 33 heavy (non-hydrogen) atoms. The molecule has 0 aliphatic carbocycles. The molecular formula is C19H18ClF4N5O4. The van der Waals surface area contributed by atoms with Crippen molar-refractivity contribution in [1.82, 2.24) is 15.2 Å². The molecule has 0 atom stereocenters. The zero-order valence-corrected chi connectivity index (χ0v) is 17.5.